The van der Waals surface area contributed by atoms with Crippen LogP contribution in [0.1, 0.15) is 11.1 Å². The lowest BCUT2D eigenvalue weighted by Crippen LogP contribution is -2.46. The predicted octanol–water partition coefficient (Wildman–Crippen LogP) is 5.10. The van der Waals surface area contributed by atoms with Gasteiger partial charge in [0.25, 0.3) is 0 Å². The number of hydrogen-bond acceptors (Lipinski definition) is 6. The number of carbonyl (C=O) groups is 2. The third-order valence-corrected chi connectivity index (χ3v) is 6.06. The number of urea groups is 1. The zero-order chi connectivity index (χ0) is 24.6. The molecule has 3 aromatic carbocycles. The average molecular weight is 503 g/mol. The summed E-state index contributed by atoms with van der Waals surface area (Å²) in [6.45, 7) is 0. The van der Waals surface area contributed by atoms with Gasteiger partial charge in [0.2, 0.25) is 11.0 Å². The molecule has 0 radical (unpaired) electrons. The van der Waals surface area contributed by atoms with Gasteiger partial charge in [-0.1, -0.05) is 65.4 Å². The van der Waals surface area contributed by atoms with Gasteiger partial charge in [0.15, 0.2) is 0 Å². The van der Waals surface area contributed by atoms with E-state index in [1.165, 1.54) is 11.3 Å². The van der Waals surface area contributed by atoms with E-state index in [0.29, 0.717) is 26.4 Å². The number of aromatic nitrogens is 2. The molecule has 0 fully saturated rings. The van der Waals surface area contributed by atoms with Crippen molar-refractivity contribution in [2.45, 2.75) is 12.5 Å². The Hall–Kier alpha value is -4.26. The molecule has 1 heterocycles. The highest BCUT2D eigenvalue weighted by Crippen LogP contribution is 2.27. The van der Waals surface area contributed by atoms with E-state index in [4.69, 9.17) is 16.9 Å². The number of nitriles is 1. The highest BCUT2D eigenvalue weighted by Gasteiger charge is 2.23. The lowest BCUT2D eigenvalue weighted by atomic mass is 10.1. The Morgan fingerprint density at radius 1 is 0.943 bits per heavy atom. The first-order chi connectivity index (χ1) is 17.0. The van der Waals surface area contributed by atoms with Crippen molar-refractivity contribution in [3.8, 4) is 16.6 Å². The number of nitrogens with zero attached hydrogens (tertiary/aromatic N) is 3. The van der Waals surface area contributed by atoms with Gasteiger partial charge in [-0.05, 0) is 42.0 Å². The van der Waals surface area contributed by atoms with E-state index in [1.54, 1.807) is 36.4 Å². The summed E-state index contributed by atoms with van der Waals surface area (Å²) in [6, 6.07) is 23.5. The molecular weight excluding hydrogens is 484 g/mol. The summed E-state index contributed by atoms with van der Waals surface area (Å²) < 4.78 is 0. The molecule has 1 unspecified atom stereocenters. The van der Waals surface area contributed by atoms with Crippen LogP contribution < -0.4 is 16.0 Å². The first-order valence-electron chi connectivity index (χ1n) is 10.5. The monoisotopic (exact) mass is 502 g/mol. The van der Waals surface area contributed by atoms with Crippen molar-refractivity contribution < 1.29 is 9.59 Å². The van der Waals surface area contributed by atoms with Crippen molar-refractivity contribution in [3.05, 3.63) is 95.0 Å². The van der Waals surface area contributed by atoms with Crippen molar-refractivity contribution in [1.82, 2.24) is 15.5 Å². The van der Waals surface area contributed by atoms with Crippen LogP contribution in [-0.2, 0) is 11.2 Å². The van der Waals surface area contributed by atoms with E-state index in [1.807, 2.05) is 48.5 Å². The van der Waals surface area contributed by atoms with E-state index < -0.39 is 18.0 Å². The molecule has 35 heavy (non-hydrogen) atoms. The molecule has 4 rings (SSSR count). The number of carbonyl (C=O) groups excluding carboxylic acids is 2. The standard InChI is InChI=1S/C25H19ClN6O2S/c26-19-10-8-18(9-11-19)23-31-32-25(35-23)30-22(33)21(14-16-4-2-1-3-5-16)29-24(34)28-20-12-6-17(15-27)7-13-20/h1-13,21H,14H2,(H2,28,29,34)(H,30,32,33). The number of amides is 3. The Morgan fingerprint density at radius 2 is 1.66 bits per heavy atom. The first-order valence-corrected chi connectivity index (χ1v) is 11.7. The minimum Gasteiger partial charge on any atom is -0.326 e. The molecular formula is C25H19ClN6O2S. The van der Waals surface area contributed by atoms with Gasteiger partial charge < -0.3 is 10.6 Å². The largest absolute Gasteiger partial charge is 0.326 e. The summed E-state index contributed by atoms with van der Waals surface area (Å²) in [6.07, 6.45) is 0.274. The molecule has 4 aromatic rings. The second-order valence-electron chi connectivity index (χ2n) is 7.44. The lowest BCUT2D eigenvalue weighted by Gasteiger charge is -2.18. The van der Waals surface area contributed by atoms with Gasteiger partial charge in [0, 0.05) is 22.7 Å². The van der Waals surface area contributed by atoms with Crippen LogP contribution in [0.4, 0.5) is 15.6 Å². The Morgan fingerprint density at radius 3 is 2.34 bits per heavy atom. The third-order valence-electron chi connectivity index (χ3n) is 4.92. The van der Waals surface area contributed by atoms with Gasteiger partial charge in [-0.3, -0.25) is 10.1 Å². The molecule has 8 nitrogen and oxygen atoms in total. The molecule has 174 valence electrons. The number of anilines is 2. The van der Waals surface area contributed by atoms with Crippen LogP contribution in [0.3, 0.4) is 0 Å². The number of hydrogen-bond donors (Lipinski definition) is 3. The molecule has 1 aromatic heterocycles. The van der Waals surface area contributed by atoms with Gasteiger partial charge >= 0.3 is 6.03 Å². The van der Waals surface area contributed by atoms with Gasteiger partial charge in [-0.25, -0.2) is 4.79 Å². The minimum atomic E-state index is -0.876. The fraction of sp³-hybridized carbons (Fsp3) is 0.0800. The molecule has 0 aliphatic carbocycles. The fourth-order valence-corrected chi connectivity index (χ4v) is 4.07. The smallest absolute Gasteiger partial charge is 0.319 e. The molecule has 0 aliphatic rings. The van der Waals surface area contributed by atoms with Crippen LogP contribution in [0.15, 0.2) is 78.9 Å². The molecule has 10 heteroatoms. The Balaban J connectivity index is 1.46. The topological polar surface area (TPSA) is 120 Å². The maximum Gasteiger partial charge on any atom is 0.319 e. The van der Waals surface area contributed by atoms with Crippen molar-refractivity contribution >= 4 is 45.7 Å². The molecule has 0 bridgehead atoms. The van der Waals surface area contributed by atoms with Gasteiger partial charge in [0.05, 0.1) is 11.6 Å². The van der Waals surface area contributed by atoms with Crippen molar-refractivity contribution in [1.29, 1.82) is 5.26 Å². The van der Waals surface area contributed by atoms with Crippen molar-refractivity contribution in [2.24, 2.45) is 0 Å². The molecule has 0 saturated carbocycles. The summed E-state index contributed by atoms with van der Waals surface area (Å²) in [7, 11) is 0. The zero-order valence-corrected chi connectivity index (χ0v) is 19.8. The van der Waals surface area contributed by atoms with Crippen LogP contribution in [0.2, 0.25) is 5.02 Å². The predicted molar refractivity (Wildman–Crippen MR) is 136 cm³/mol. The Labute approximate surface area is 210 Å². The van der Waals surface area contributed by atoms with Crippen LogP contribution in [0, 0.1) is 11.3 Å². The number of rotatable bonds is 7. The second-order valence-corrected chi connectivity index (χ2v) is 8.85. The molecule has 0 saturated heterocycles. The van der Waals surface area contributed by atoms with Crippen molar-refractivity contribution in [3.63, 3.8) is 0 Å². The summed E-state index contributed by atoms with van der Waals surface area (Å²) >= 11 is 7.16. The maximum absolute atomic E-state index is 13.1. The number of benzene rings is 3. The molecule has 3 N–H and O–H groups in total. The molecule has 1 atom stereocenters. The summed E-state index contributed by atoms with van der Waals surface area (Å²) in [5.74, 6) is -0.428. The lowest BCUT2D eigenvalue weighted by molar-refractivity contribution is -0.117. The maximum atomic E-state index is 13.1. The van der Waals surface area contributed by atoms with Gasteiger partial charge in [-0.2, -0.15) is 5.26 Å². The number of nitrogens with one attached hydrogen (secondary N) is 3. The normalized spacial score (nSPS) is 11.2. The summed E-state index contributed by atoms with van der Waals surface area (Å²) in [5, 5.41) is 26.8. The highest BCUT2D eigenvalue weighted by molar-refractivity contribution is 7.18. The third kappa shape index (κ3) is 6.63. The fourth-order valence-electron chi connectivity index (χ4n) is 3.19. The van der Waals surface area contributed by atoms with E-state index in [-0.39, 0.29) is 6.42 Å². The molecule has 0 aliphatic heterocycles. The first kappa shape index (κ1) is 23.9. The Bertz CT molecular complexity index is 1350. The number of halogens is 1. The van der Waals surface area contributed by atoms with Crippen LogP contribution in [0.25, 0.3) is 10.6 Å². The summed E-state index contributed by atoms with van der Waals surface area (Å²) in [4.78, 5) is 25.7. The van der Waals surface area contributed by atoms with E-state index in [9.17, 15) is 9.59 Å². The Kier molecular flexibility index (Phi) is 7.67. The van der Waals surface area contributed by atoms with E-state index in [0.717, 1.165) is 11.1 Å². The zero-order valence-electron chi connectivity index (χ0n) is 18.2. The second kappa shape index (κ2) is 11.2. The van der Waals surface area contributed by atoms with Crippen molar-refractivity contribution in [2.75, 3.05) is 10.6 Å². The van der Waals surface area contributed by atoms with Crippen LogP contribution in [-0.4, -0.2) is 28.2 Å². The van der Waals surface area contributed by atoms with E-state index >= 15 is 0 Å². The highest BCUT2D eigenvalue weighted by atomic mass is 35.5. The SMILES string of the molecule is N#Cc1ccc(NC(=O)NC(Cc2ccccc2)C(=O)Nc2nnc(-c3ccc(Cl)cc3)s2)cc1. The van der Waals surface area contributed by atoms with Gasteiger partial charge in [0.1, 0.15) is 11.0 Å². The van der Waals surface area contributed by atoms with Crippen LogP contribution >= 0.6 is 22.9 Å². The molecule has 0 spiro atoms. The summed E-state index contributed by atoms with van der Waals surface area (Å²) in [5.41, 5.74) is 2.68. The quantitative estimate of drug-likeness (QED) is 0.324. The van der Waals surface area contributed by atoms with Gasteiger partial charge in [-0.15, -0.1) is 10.2 Å². The van der Waals surface area contributed by atoms with E-state index in [2.05, 4.69) is 26.1 Å². The molecule has 3 amide bonds. The average Bonchev–Trinajstić information content (AvgIpc) is 3.33. The minimum absolute atomic E-state index is 0.274. The van der Waals surface area contributed by atoms with Crippen LogP contribution in [0.5, 0.6) is 0 Å².